The van der Waals surface area contributed by atoms with Gasteiger partial charge in [-0.05, 0) is 24.0 Å². The fraction of sp³-hybridized carbons (Fsp3) is 0.500. The van der Waals surface area contributed by atoms with Gasteiger partial charge in [0.2, 0.25) is 0 Å². The summed E-state index contributed by atoms with van der Waals surface area (Å²) in [6.07, 6.45) is 3.88. The SMILES string of the molecule is c1ccc2c(c1)[C@H]1CC[C@@H]2[C@H]2O[C@H]21. The van der Waals surface area contributed by atoms with Gasteiger partial charge in [0.1, 0.15) is 0 Å². The molecule has 1 heterocycles. The molecule has 0 N–H and O–H groups in total. The van der Waals surface area contributed by atoms with Crippen LogP contribution in [0.15, 0.2) is 24.3 Å². The van der Waals surface area contributed by atoms with Gasteiger partial charge < -0.3 is 4.74 Å². The molecule has 1 saturated heterocycles. The third kappa shape index (κ3) is 0.682. The van der Waals surface area contributed by atoms with Gasteiger partial charge in [0, 0.05) is 11.8 Å². The molecule has 0 aromatic heterocycles. The van der Waals surface area contributed by atoms with Crippen LogP contribution in [0, 0.1) is 0 Å². The predicted molar refractivity (Wildman–Crippen MR) is 49.8 cm³/mol. The van der Waals surface area contributed by atoms with Crippen molar-refractivity contribution in [1.82, 2.24) is 0 Å². The topological polar surface area (TPSA) is 12.5 Å². The summed E-state index contributed by atoms with van der Waals surface area (Å²) >= 11 is 0. The van der Waals surface area contributed by atoms with Crippen LogP contribution in [0.1, 0.15) is 35.8 Å². The van der Waals surface area contributed by atoms with Crippen LogP contribution in [0.3, 0.4) is 0 Å². The number of hydrogen-bond acceptors (Lipinski definition) is 1. The summed E-state index contributed by atoms with van der Waals surface area (Å²) in [5, 5.41) is 0. The molecule has 5 rings (SSSR count). The number of fused-ring (bicyclic) bond motifs is 1. The van der Waals surface area contributed by atoms with Crippen molar-refractivity contribution in [3.8, 4) is 0 Å². The Balaban J connectivity index is 1.98. The van der Waals surface area contributed by atoms with Crippen LogP contribution in [0.4, 0.5) is 0 Å². The van der Waals surface area contributed by atoms with Crippen LogP contribution in [-0.4, -0.2) is 12.2 Å². The lowest BCUT2D eigenvalue weighted by Crippen LogP contribution is -2.29. The summed E-state index contributed by atoms with van der Waals surface area (Å²) in [4.78, 5) is 0. The second-order valence-corrected chi connectivity index (χ2v) is 4.48. The van der Waals surface area contributed by atoms with E-state index in [4.69, 9.17) is 4.74 Å². The minimum atomic E-state index is 0.591. The number of hydrogen-bond donors (Lipinski definition) is 0. The van der Waals surface area contributed by atoms with Crippen LogP contribution >= 0.6 is 0 Å². The highest BCUT2D eigenvalue weighted by atomic mass is 16.6. The second kappa shape index (κ2) is 1.98. The molecule has 1 aromatic rings. The lowest BCUT2D eigenvalue weighted by molar-refractivity contribution is 0.361. The summed E-state index contributed by atoms with van der Waals surface area (Å²) in [5.74, 6) is 1.46. The lowest BCUT2D eigenvalue weighted by atomic mass is 9.67. The molecule has 3 aliphatic carbocycles. The summed E-state index contributed by atoms with van der Waals surface area (Å²) in [5.41, 5.74) is 3.16. The molecule has 2 bridgehead atoms. The van der Waals surface area contributed by atoms with Gasteiger partial charge in [0.25, 0.3) is 0 Å². The first-order valence-electron chi connectivity index (χ1n) is 5.19. The van der Waals surface area contributed by atoms with Crippen molar-refractivity contribution in [2.75, 3.05) is 0 Å². The zero-order valence-corrected chi connectivity index (χ0v) is 7.44. The monoisotopic (exact) mass is 172 g/mol. The van der Waals surface area contributed by atoms with E-state index in [-0.39, 0.29) is 0 Å². The normalized spacial score (nSPS) is 44.0. The largest absolute Gasteiger partial charge is 0.368 e. The number of benzene rings is 1. The first-order valence-corrected chi connectivity index (χ1v) is 5.19. The van der Waals surface area contributed by atoms with Crippen LogP contribution in [-0.2, 0) is 4.74 Å². The van der Waals surface area contributed by atoms with Gasteiger partial charge in [-0.3, -0.25) is 0 Å². The van der Waals surface area contributed by atoms with Crippen molar-refractivity contribution in [2.45, 2.75) is 36.9 Å². The molecule has 1 heteroatoms. The molecule has 1 nitrogen and oxygen atoms in total. The molecule has 0 radical (unpaired) electrons. The van der Waals surface area contributed by atoms with Crippen LogP contribution in [0.5, 0.6) is 0 Å². The zero-order valence-electron chi connectivity index (χ0n) is 7.44. The standard InChI is InChI=1S/C12H12O/c1-2-4-8-7(3-1)9-5-6-10(8)12-11(9)13-12/h1-4,9-12H,5-6H2/t9-,10+,11+,12-. The highest BCUT2D eigenvalue weighted by Gasteiger charge is 2.57. The van der Waals surface area contributed by atoms with E-state index < -0.39 is 0 Å². The summed E-state index contributed by atoms with van der Waals surface area (Å²) in [6, 6.07) is 8.92. The molecule has 2 fully saturated rings. The molecule has 0 spiro atoms. The van der Waals surface area contributed by atoms with Crippen LogP contribution < -0.4 is 0 Å². The Kier molecular flexibility index (Phi) is 1.01. The summed E-state index contributed by atoms with van der Waals surface area (Å²) in [7, 11) is 0. The van der Waals surface area contributed by atoms with Gasteiger partial charge in [0.05, 0.1) is 12.2 Å². The minimum absolute atomic E-state index is 0.591. The van der Waals surface area contributed by atoms with Gasteiger partial charge in [-0.15, -0.1) is 0 Å². The number of epoxide rings is 1. The third-order valence-electron chi connectivity index (χ3n) is 3.94. The Morgan fingerprint density at radius 2 is 1.46 bits per heavy atom. The van der Waals surface area contributed by atoms with Gasteiger partial charge in [-0.25, -0.2) is 0 Å². The third-order valence-corrected chi connectivity index (χ3v) is 3.94. The molecule has 66 valence electrons. The van der Waals surface area contributed by atoms with E-state index in [2.05, 4.69) is 24.3 Å². The Labute approximate surface area is 77.7 Å². The van der Waals surface area contributed by atoms with Crippen molar-refractivity contribution in [3.05, 3.63) is 35.4 Å². The van der Waals surface area contributed by atoms with Crippen molar-refractivity contribution in [1.29, 1.82) is 0 Å². The fourth-order valence-electron chi connectivity index (χ4n) is 3.32. The molecule has 0 unspecified atom stereocenters. The summed E-state index contributed by atoms with van der Waals surface area (Å²) in [6.45, 7) is 0. The van der Waals surface area contributed by atoms with E-state index in [1.165, 1.54) is 12.8 Å². The van der Waals surface area contributed by atoms with Gasteiger partial charge in [-0.2, -0.15) is 0 Å². The highest BCUT2D eigenvalue weighted by molar-refractivity contribution is 5.43. The Bertz CT molecular complexity index is 336. The molecule has 4 aliphatic rings. The zero-order chi connectivity index (χ0) is 8.41. The maximum Gasteiger partial charge on any atom is 0.0916 e. The van der Waals surface area contributed by atoms with E-state index in [0.29, 0.717) is 12.2 Å². The van der Waals surface area contributed by atoms with Crippen LogP contribution in [0.25, 0.3) is 0 Å². The second-order valence-electron chi connectivity index (χ2n) is 4.48. The average Bonchev–Trinajstić information content (AvgIpc) is 2.98. The quantitative estimate of drug-likeness (QED) is 0.547. The van der Waals surface area contributed by atoms with Crippen molar-refractivity contribution in [3.63, 3.8) is 0 Å². The molecule has 0 amide bonds. The molecule has 1 saturated carbocycles. The Hall–Kier alpha value is -0.820. The number of rotatable bonds is 0. The van der Waals surface area contributed by atoms with Gasteiger partial charge in [0.15, 0.2) is 0 Å². The van der Waals surface area contributed by atoms with E-state index in [0.717, 1.165) is 11.8 Å². The molecule has 4 atom stereocenters. The van der Waals surface area contributed by atoms with Crippen molar-refractivity contribution < 1.29 is 4.74 Å². The Morgan fingerprint density at radius 1 is 0.923 bits per heavy atom. The van der Waals surface area contributed by atoms with Crippen molar-refractivity contribution in [2.24, 2.45) is 0 Å². The molecule has 1 aliphatic heterocycles. The van der Waals surface area contributed by atoms with Gasteiger partial charge >= 0.3 is 0 Å². The Morgan fingerprint density at radius 3 is 2.00 bits per heavy atom. The predicted octanol–water partition coefficient (Wildman–Crippen LogP) is 2.43. The minimum Gasteiger partial charge on any atom is -0.368 e. The molecular weight excluding hydrogens is 160 g/mol. The van der Waals surface area contributed by atoms with Crippen LogP contribution in [0.2, 0.25) is 0 Å². The summed E-state index contributed by atoms with van der Waals surface area (Å²) < 4.78 is 5.75. The highest BCUT2D eigenvalue weighted by Crippen LogP contribution is 2.58. The molecule has 13 heavy (non-hydrogen) atoms. The molecular formula is C12H12O. The first kappa shape index (κ1) is 6.61. The fourth-order valence-corrected chi connectivity index (χ4v) is 3.32. The number of ether oxygens (including phenoxy) is 1. The van der Waals surface area contributed by atoms with Crippen molar-refractivity contribution >= 4 is 0 Å². The first-order chi connectivity index (χ1) is 6.45. The molecule has 1 aromatic carbocycles. The maximum atomic E-state index is 5.75. The van der Waals surface area contributed by atoms with E-state index in [1.807, 2.05) is 0 Å². The van der Waals surface area contributed by atoms with E-state index in [9.17, 15) is 0 Å². The van der Waals surface area contributed by atoms with E-state index >= 15 is 0 Å². The van der Waals surface area contributed by atoms with Gasteiger partial charge in [-0.1, -0.05) is 24.3 Å². The average molecular weight is 172 g/mol. The lowest BCUT2D eigenvalue weighted by Gasteiger charge is -2.34. The maximum absolute atomic E-state index is 5.75. The smallest absolute Gasteiger partial charge is 0.0916 e. The van der Waals surface area contributed by atoms with E-state index in [1.54, 1.807) is 11.1 Å².